The van der Waals surface area contributed by atoms with Gasteiger partial charge in [-0.3, -0.25) is 4.79 Å². The molecule has 2 rings (SSSR count). The minimum Gasteiger partial charge on any atom is -0.268 e. The van der Waals surface area contributed by atoms with Crippen LogP contribution in [0.25, 0.3) is 0 Å². The largest absolute Gasteiger partial charge is 0.268 e. The van der Waals surface area contributed by atoms with Crippen LogP contribution in [0.2, 0.25) is 0 Å². The third-order valence-corrected chi connectivity index (χ3v) is 3.15. The van der Waals surface area contributed by atoms with E-state index in [1.807, 2.05) is 0 Å². The monoisotopic (exact) mass is 206 g/mol. The van der Waals surface area contributed by atoms with Crippen molar-refractivity contribution in [2.45, 2.75) is 51.9 Å². The SMILES string of the molecule is CCCCc1c2c(n[nH]c1=O)CCCC2. The maximum atomic E-state index is 11.7. The second kappa shape index (κ2) is 4.60. The minimum absolute atomic E-state index is 0.0316. The lowest BCUT2D eigenvalue weighted by atomic mass is 9.91. The molecule has 0 fully saturated rings. The van der Waals surface area contributed by atoms with E-state index in [9.17, 15) is 4.79 Å². The van der Waals surface area contributed by atoms with Crippen LogP contribution in [0.1, 0.15) is 49.4 Å². The summed E-state index contributed by atoms with van der Waals surface area (Å²) >= 11 is 0. The van der Waals surface area contributed by atoms with Gasteiger partial charge in [-0.1, -0.05) is 13.3 Å². The fourth-order valence-corrected chi connectivity index (χ4v) is 2.28. The highest BCUT2D eigenvalue weighted by atomic mass is 16.1. The van der Waals surface area contributed by atoms with E-state index < -0.39 is 0 Å². The molecule has 3 nitrogen and oxygen atoms in total. The first-order valence-corrected chi connectivity index (χ1v) is 5.92. The van der Waals surface area contributed by atoms with Gasteiger partial charge in [0.25, 0.3) is 5.56 Å². The summed E-state index contributed by atoms with van der Waals surface area (Å²) in [6.45, 7) is 2.15. The molecule has 0 aliphatic heterocycles. The molecular weight excluding hydrogens is 188 g/mol. The van der Waals surface area contributed by atoms with Crippen LogP contribution in [0.3, 0.4) is 0 Å². The molecule has 15 heavy (non-hydrogen) atoms. The van der Waals surface area contributed by atoms with Crippen molar-refractivity contribution < 1.29 is 0 Å². The number of aromatic nitrogens is 2. The zero-order valence-electron chi connectivity index (χ0n) is 9.31. The molecule has 1 aromatic heterocycles. The standard InChI is InChI=1S/C12H18N2O/c1-2-3-6-10-9-7-4-5-8-11(9)13-14-12(10)15/h2-8H2,1H3,(H,14,15). The van der Waals surface area contributed by atoms with Crippen LogP contribution in [-0.4, -0.2) is 10.2 Å². The lowest BCUT2D eigenvalue weighted by Crippen LogP contribution is -2.22. The molecule has 3 heteroatoms. The quantitative estimate of drug-likeness (QED) is 0.822. The summed E-state index contributed by atoms with van der Waals surface area (Å²) in [6, 6.07) is 0. The van der Waals surface area contributed by atoms with Crippen molar-refractivity contribution in [2.75, 3.05) is 0 Å². The summed E-state index contributed by atoms with van der Waals surface area (Å²) in [5.41, 5.74) is 3.41. The number of aryl methyl sites for hydroxylation is 1. The number of rotatable bonds is 3. The summed E-state index contributed by atoms with van der Waals surface area (Å²) < 4.78 is 0. The first-order valence-electron chi connectivity index (χ1n) is 5.92. The number of nitrogens with zero attached hydrogens (tertiary/aromatic N) is 1. The van der Waals surface area contributed by atoms with Gasteiger partial charge < -0.3 is 0 Å². The number of aromatic amines is 1. The van der Waals surface area contributed by atoms with Crippen molar-refractivity contribution in [3.05, 3.63) is 27.2 Å². The Kier molecular flexibility index (Phi) is 3.19. The van der Waals surface area contributed by atoms with Crippen molar-refractivity contribution in [1.29, 1.82) is 0 Å². The van der Waals surface area contributed by atoms with Crippen LogP contribution in [0.5, 0.6) is 0 Å². The molecule has 0 aromatic carbocycles. The summed E-state index contributed by atoms with van der Waals surface area (Å²) in [5.74, 6) is 0. The molecule has 0 saturated carbocycles. The summed E-state index contributed by atoms with van der Waals surface area (Å²) in [6.07, 6.45) is 7.64. The van der Waals surface area contributed by atoms with Crippen molar-refractivity contribution >= 4 is 0 Å². The maximum absolute atomic E-state index is 11.7. The number of fused-ring (bicyclic) bond motifs is 1. The van der Waals surface area contributed by atoms with Gasteiger partial charge in [0, 0.05) is 5.56 Å². The van der Waals surface area contributed by atoms with Crippen molar-refractivity contribution in [1.82, 2.24) is 10.2 Å². The highest BCUT2D eigenvalue weighted by molar-refractivity contribution is 5.30. The van der Waals surface area contributed by atoms with E-state index in [1.54, 1.807) is 0 Å². The van der Waals surface area contributed by atoms with Crippen LogP contribution in [0.15, 0.2) is 4.79 Å². The lowest BCUT2D eigenvalue weighted by molar-refractivity contribution is 0.634. The second-order valence-corrected chi connectivity index (χ2v) is 4.27. The number of hydrogen-bond acceptors (Lipinski definition) is 2. The number of unbranched alkanes of at least 4 members (excludes halogenated alkanes) is 1. The van der Waals surface area contributed by atoms with Crippen molar-refractivity contribution in [3.8, 4) is 0 Å². The number of H-pyrrole nitrogens is 1. The third kappa shape index (κ3) is 2.11. The molecule has 0 radical (unpaired) electrons. The van der Waals surface area contributed by atoms with Crippen LogP contribution in [-0.2, 0) is 19.3 Å². The second-order valence-electron chi connectivity index (χ2n) is 4.27. The molecule has 1 heterocycles. The highest BCUT2D eigenvalue weighted by Gasteiger charge is 2.16. The predicted molar refractivity (Wildman–Crippen MR) is 60.1 cm³/mol. The van der Waals surface area contributed by atoms with Gasteiger partial charge in [-0.25, -0.2) is 5.10 Å². The summed E-state index contributed by atoms with van der Waals surface area (Å²) in [4.78, 5) is 11.7. The van der Waals surface area contributed by atoms with E-state index in [2.05, 4.69) is 17.1 Å². The Hall–Kier alpha value is -1.12. The summed E-state index contributed by atoms with van der Waals surface area (Å²) in [7, 11) is 0. The molecule has 1 aliphatic rings. The third-order valence-electron chi connectivity index (χ3n) is 3.15. The molecule has 0 atom stereocenters. The fourth-order valence-electron chi connectivity index (χ4n) is 2.28. The first-order chi connectivity index (χ1) is 7.33. The molecule has 1 aromatic rings. The van der Waals surface area contributed by atoms with E-state index >= 15 is 0 Å². The van der Waals surface area contributed by atoms with Gasteiger partial charge in [-0.15, -0.1) is 0 Å². The molecular formula is C12H18N2O. The Morgan fingerprint density at radius 2 is 2.13 bits per heavy atom. The topological polar surface area (TPSA) is 45.8 Å². The molecule has 1 N–H and O–H groups in total. The molecule has 0 bridgehead atoms. The van der Waals surface area contributed by atoms with E-state index in [4.69, 9.17) is 0 Å². The molecule has 0 amide bonds. The summed E-state index contributed by atoms with van der Waals surface area (Å²) in [5, 5.41) is 6.78. The Labute approximate surface area is 89.9 Å². The van der Waals surface area contributed by atoms with Crippen LogP contribution < -0.4 is 5.56 Å². The molecule has 0 unspecified atom stereocenters. The van der Waals surface area contributed by atoms with Gasteiger partial charge in [0.15, 0.2) is 0 Å². The zero-order valence-corrected chi connectivity index (χ0v) is 9.31. The van der Waals surface area contributed by atoms with Gasteiger partial charge >= 0.3 is 0 Å². The first kappa shape index (κ1) is 10.4. The Morgan fingerprint density at radius 1 is 1.33 bits per heavy atom. The van der Waals surface area contributed by atoms with E-state index in [0.717, 1.165) is 43.4 Å². The Balaban J connectivity index is 2.36. The Morgan fingerprint density at radius 3 is 2.93 bits per heavy atom. The normalized spacial score (nSPS) is 15.0. The zero-order chi connectivity index (χ0) is 10.7. The maximum Gasteiger partial charge on any atom is 0.267 e. The smallest absolute Gasteiger partial charge is 0.267 e. The van der Waals surface area contributed by atoms with Gasteiger partial charge in [0.2, 0.25) is 0 Å². The van der Waals surface area contributed by atoms with Crippen LogP contribution in [0, 0.1) is 0 Å². The minimum atomic E-state index is 0.0316. The average Bonchev–Trinajstić information content (AvgIpc) is 2.28. The van der Waals surface area contributed by atoms with E-state index in [-0.39, 0.29) is 5.56 Å². The van der Waals surface area contributed by atoms with E-state index in [1.165, 1.54) is 18.4 Å². The van der Waals surface area contributed by atoms with Crippen molar-refractivity contribution in [2.24, 2.45) is 0 Å². The molecule has 82 valence electrons. The molecule has 0 saturated heterocycles. The Bertz CT molecular complexity index is 395. The van der Waals surface area contributed by atoms with Crippen LogP contribution in [0.4, 0.5) is 0 Å². The lowest BCUT2D eigenvalue weighted by Gasteiger charge is -2.16. The van der Waals surface area contributed by atoms with Gasteiger partial charge in [-0.2, -0.15) is 5.10 Å². The molecule has 0 spiro atoms. The van der Waals surface area contributed by atoms with Crippen molar-refractivity contribution in [3.63, 3.8) is 0 Å². The fraction of sp³-hybridized carbons (Fsp3) is 0.667. The van der Waals surface area contributed by atoms with Crippen LogP contribution >= 0.6 is 0 Å². The molecule has 1 aliphatic carbocycles. The number of nitrogens with one attached hydrogen (secondary N) is 1. The van der Waals surface area contributed by atoms with Gasteiger partial charge in [-0.05, 0) is 44.1 Å². The van der Waals surface area contributed by atoms with Gasteiger partial charge in [0.1, 0.15) is 0 Å². The predicted octanol–water partition coefficient (Wildman–Crippen LogP) is 1.99. The highest BCUT2D eigenvalue weighted by Crippen LogP contribution is 2.21. The van der Waals surface area contributed by atoms with Gasteiger partial charge in [0.05, 0.1) is 5.69 Å². The number of hydrogen-bond donors (Lipinski definition) is 1. The van der Waals surface area contributed by atoms with E-state index in [0.29, 0.717) is 0 Å². The average molecular weight is 206 g/mol.